The molecule has 1 aromatic heterocycles. The van der Waals surface area contributed by atoms with Gasteiger partial charge in [0.05, 0.1) is 5.56 Å². The van der Waals surface area contributed by atoms with Gasteiger partial charge in [0.25, 0.3) is 5.91 Å². The van der Waals surface area contributed by atoms with Gasteiger partial charge in [0.2, 0.25) is 0 Å². The Morgan fingerprint density at radius 1 is 1.04 bits per heavy atom. The zero-order valence-corrected chi connectivity index (χ0v) is 15.6. The quantitative estimate of drug-likeness (QED) is 0.697. The fourth-order valence-electron chi connectivity index (χ4n) is 2.85. The van der Waals surface area contributed by atoms with E-state index < -0.39 is 0 Å². The lowest BCUT2D eigenvalue weighted by Crippen LogP contribution is -2.18. The number of carbonyl (C=O) groups excluding carboxylic acids is 1. The highest BCUT2D eigenvalue weighted by molar-refractivity contribution is 6.30. The first-order valence-electron chi connectivity index (χ1n) is 8.17. The van der Waals surface area contributed by atoms with Gasteiger partial charge in [-0.25, -0.2) is 0 Å². The van der Waals surface area contributed by atoms with Gasteiger partial charge in [-0.3, -0.25) is 4.79 Å². The van der Waals surface area contributed by atoms with Gasteiger partial charge >= 0.3 is 0 Å². The van der Waals surface area contributed by atoms with Crippen LogP contribution in [0.3, 0.4) is 0 Å². The molecule has 0 atom stereocenters. The number of nitrogens with one attached hydrogen (secondary N) is 1. The van der Waals surface area contributed by atoms with Crippen LogP contribution in [-0.2, 0) is 0 Å². The molecule has 0 aliphatic heterocycles. The highest BCUT2D eigenvalue weighted by atomic mass is 35.5. The number of hydrogen-bond acceptors (Lipinski definition) is 2. The molecule has 3 aromatic rings. The van der Waals surface area contributed by atoms with E-state index in [9.17, 15) is 10.1 Å². The number of aromatic nitrogens is 1. The molecule has 1 heterocycles. The molecular weight excluding hydrogens is 346 g/mol. The van der Waals surface area contributed by atoms with Crippen molar-refractivity contribution in [1.29, 1.82) is 5.26 Å². The molecule has 0 spiro atoms. The molecule has 0 saturated heterocycles. The number of amides is 1. The SMILES string of the molecule is Cc1ccc(NC(=O)c2c(C#N)ccn2-c2ccc(Cl)cc2C)cc1C. The third-order valence-electron chi connectivity index (χ3n) is 4.40. The number of benzene rings is 2. The molecule has 0 aliphatic carbocycles. The number of aryl methyl sites for hydroxylation is 3. The van der Waals surface area contributed by atoms with Crippen molar-refractivity contribution < 1.29 is 4.79 Å². The predicted molar refractivity (Wildman–Crippen MR) is 104 cm³/mol. The summed E-state index contributed by atoms with van der Waals surface area (Å²) in [6, 6.07) is 14.9. The van der Waals surface area contributed by atoms with Crippen LogP contribution in [0.4, 0.5) is 5.69 Å². The van der Waals surface area contributed by atoms with Crippen molar-refractivity contribution in [2.45, 2.75) is 20.8 Å². The minimum atomic E-state index is -0.329. The summed E-state index contributed by atoms with van der Waals surface area (Å²) in [5, 5.41) is 12.9. The van der Waals surface area contributed by atoms with Crippen LogP contribution >= 0.6 is 11.6 Å². The molecule has 0 unspecified atom stereocenters. The Hall–Kier alpha value is -3.03. The predicted octanol–water partition coefficient (Wildman–Crippen LogP) is 5.18. The number of nitriles is 1. The van der Waals surface area contributed by atoms with E-state index >= 15 is 0 Å². The Kier molecular flexibility index (Phi) is 4.83. The highest BCUT2D eigenvalue weighted by Gasteiger charge is 2.19. The Labute approximate surface area is 157 Å². The van der Waals surface area contributed by atoms with Crippen LogP contribution in [0.15, 0.2) is 48.7 Å². The Morgan fingerprint density at radius 3 is 2.46 bits per heavy atom. The molecule has 0 aliphatic rings. The topological polar surface area (TPSA) is 57.8 Å². The lowest BCUT2D eigenvalue weighted by Gasteiger charge is -2.13. The number of nitrogens with zero attached hydrogens (tertiary/aromatic N) is 2. The van der Waals surface area contributed by atoms with Crippen molar-refractivity contribution in [2.75, 3.05) is 5.32 Å². The van der Waals surface area contributed by atoms with Gasteiger partial charge in [0, 0.05) is 22.6 Å². The highest BCUT2D eigenvalue weighted by Crippen LogP contribution is 2.24. The Balaban J connectivity index is 2.03. The van der Waals surface area contributed by atoms with Crippen molar-refractivity contribution >= 4 is 23.2 Å². The van der Waals surface area contributed by atoms with Gasteiger partial charge in [-0.05, 0) is 73.9 Å². The van der Waals surface area contributed by atoms with E-state index in [1.807, 2.05) is 51.1 Å². The van der Waals surface area contributed by atoms with E-state index in [0.29, 0.717) is 22.0 Å². The average Bonchev–Trinajstić information content (AvgIpc) is 3.02. The van der Waals surface area contributed by atoms with Crippen molar-refractivity contribution in [3.8, 4) is 11.8 Å². The average molecular weight is 364 g/mol. The molecule has 2 aromatic carbocycles. The molecule has 0 radical (unpaired) electrons. The van der Waals surface area contributed by atoms with Crippen LogP contribution in [0.25, 0.3) is 5.69 Å². The molecule has 0 saturated carbocycles. The Morgan fingerprint density at radius 2 is 1.81 bits per heavy atom. The third-order valence-corrected chi connectivity index (χ3v) is 4.64. The lowest BCUT2D eigenvalue weighted by molar-refractivity contribution is 0.102. The molecule has 0 bridgehead atoms. The largest absolute Gasteiger partial charge is 0.321 e. The molecule has 130 valence electrons. The van der Waals surface area contributed by atoms with Gasteiger partial charge in [-0.2, -0.15) is 5.26 Å². The zero-order chi connectivity index (χ0) is 18.8. The smallest absolute Gasteiger partial charge is 0.274 e. The van der Waals surface area contributed by atoms with Gasteiger partial charge < -0.3 is 9.88 Å². The van der Waals surface area contributed by atoms with Crippen molar-refractivity contribution in [3.05, 3.63) is 81.6 Å². The van der Waals surface area contributed by atoms with E-state index in [1.165, 1.54) is 0 Å². The maximum Gasteiger partial charge on any atom is 0.274 e. The number of halogens is 1. The first-order valence-corrected chi connectivity index (χ1v) is 8.55. The van der Waals surface area contributed by atoms with Gasteiger partial charge in [-0.15, -0.1) is 0 Å². The van der Waals surface area contributed by atoms with E-state index in [1.54, 1.807) is 22.9 Å². The van der Waals surface area contributed by atoms with Crippen molar-refractivity contribution in [2.24, 2.45) is 0 Å². The van der Waals surface area contributed by atoms with Gasteiger partial charge in [0.15, 0.2) is 0 Å². The summed E-state index contributed by atoms with van der Waals surface area (Å²) in [6.45, 7) is 5.92. The van der Waals surface area contributed by atoms with Crippen molar-refractivity contribution in [3.63, 3.8) is 0 Å². The van der Waals surface area contributed by atoms with E-state index in [-0.39, 0.29) is 5.91 Å². The monoisotopic (exact) mass is 363 g/mol. The van der Waals surface area contributed by atoms with Crippen LogP contribution < -0.4 is 5.32 Å². The molecule has 3 rings (SSSR count). The molecule has 0 fully saturated rings. The number of anilines is 1. The summed E-state index contributed by atoms with van der Waals surface area (Å²) in [7, 11) is 0. The normalized spacial score (nSPS) is 10.4. The summed E-state index contributed by atoms with van der Waals surface area (Å²) >= 11 is 6.03. The molecular formula is C21H18ClN3O. The summed E-state index contributed by atoms with van der Waals surface area (Å²) in [6.07, 6.45) is 1.73. The second-order valence-corrected chi connectivity index (χ2v) is 6.68. The maximum absolute atomic E-state index is 12.9. The second kappa shape index (κ2) is 7.07. The molecule has 1 amide bonds. The Bertz CT molecular complexity index is 1040. The van der Waals surface area contributed by atoms with Crippen LogP contribution in [0.5, 0.6) is 0 Å². The van der Waals surface area contributed by atoms with E-state index in [0.717, 1.165) is 22.4 Å². The molecule has 4 nitrogen and oxygen atoms in total. The number of carbonyl (C=O) groups is 1. The summed E-state index contributed by atoms with van der Waals surface area (Å²) in [5.41, 5.74) is 5.28. The van der Waals surface area contributed by atoms with E-state index in [4.69, 9.17) is 11.6 Å². The van der Waals surface area contributed by atoms with Crippen LogP contribution in [0, 0.1) is 32.1 Å². The van der Waals surface area contributed by atoms with Crippen LogP contribution in [0.1, 0.15) is 32.7 Å². The number of hydrogen-bond donors (Lipinski definition) is 1. The first kappa shape index (κ1) is 17.8. The van der Waals surface area contributed by atoms with Crippen LogP contribution in [0.2, 0.25) is 5.02 Å². The molecule has 5 heteroatoms. The van der Waals surface area contributed by atoms with Gasteiger partial charge in [-0.1, -0.05) is 17.7 Å². The minimum absolute atomic E-state index is 0.302. The fourth-order valence-corrected chi connectivity index (χ4v) is 3.08. The molecule has 26 heavy (non-hydrogen) atoms. The summed E-state index contributed by atoms with van der Waals surface area (Å²) < 4.78 is 1.72. The summed E-state index contributed by atoms with van der Waals surface area (Å²) in [4.78, 5) is 12.9. The summed E-state index contributed by atoms with van der Waals surface area (Å²) in [5.74, 6) is -0.329. The van der Waals surface area contributed by atoms with Crippen molar-refractivity contribution in [1.82, 2.24) is 4.57 Å². The fraction of sp³-hybridized carbons (Fsp3) is 0.143. The second-order valence-electron chi connectivity index (χ2n) is 6.24. The van der Waals surface area contributed by atoms with Crippen LogP contribution in [-0.4, -0.2) is 10.5 Å². The maximum atomic E-state index is 12.9. The standard InChI is InChI=1S/C21H18ClN3O/c1-13-4-6-18(11-14(13)2)24-21(26)20-16(12-23)8-9-25(20)19-7-5-17(22)10-15(19)3/h4-11H,1-3H3,(H,24,26). The lowest BCUT2D eigenvalue weighted by atomic mass is 10.1. The zero-order valence-electron chi connectivity index (χ0n) is 14.8. The van der Waals surface area contributed by atoms with Gasteiger partial charge in [0.1, 0.15) is 11.8 Å². The van der Waals surface area contributed by atoms with E-state index in [2.05, 4.69) is 11.4 Å². The molecule has 1 N–H and O–H groups in total. The third kappa shape index (κ3) is 3.35. The minimum Gasteiger partial charge on any atom is -0.321 e. The first-order chi connectivity index (χ1) is 12.4. The number of rotatable bonds is 3.